The van der Waals surface area contributed by atoms with E-state index in [0.29, 0.717) is 17.5 Å². The van der Waals surface area contributed by atoms with Crippen molar-refractivity contribution in [2.75, 3.05) is 30.3 Å². The quantitative estimate of drug-likeness (QED) is 0.824. The minimum Gasteiger partial charge on any atom is -0.310 e. The highest BCUT2D eigenvalue weighted by Gasteiger charge is 2.27. The van der Waals surface area contributed by atoms with Crippen LogP contribution >= 0.6 is 11.3 Å². The van der Waals surface area contributed by atoms with Gasteiger partial charge in [0.25, 0.3) is 0 Å². The summed E-state index contributed by atoms with van der Waals surface area (Å²) in [6.45, 7) is 7.49. The molecule has 2 aromatic heterocycles. The summed E-state index contributed by atoms with van der Waals surface area (Å²) in [4.78, 5) is 36.6. The number of aryl methyl sites for hydroxylation is 3. The van der Waals surface area contributed by atoms with E-state index in [-0.39, 0.29) is 24.3 Å². The zero-order valence-corrected chi connectivity index (χ0v) is 16.7. The number of anilines is 2. The Balaban J connectivity index is 1.53. The fraction of sp³-hybridized carbons (Fsp3) is 0.474. The number of carbonyl (C=O) groups is 2. The average Bonchev–Trinajstić information content (AvgIpc) is 2.94. The molecular weight excluding hydrogens is 362 g/mol. The van der Waals surface area contributed by atoms with Crippen LogP contribution in [-0.2, 0) is 9.59 Å². The highest BCUT2D eigenvalue weighted by molar-refractivity contribution is 7.15. The predicted octanol–water partition coefficient (Wildman–Crippen LogP) is 2.75. The Labute approximate surface area is 163 Å². The normalized spacial score (nSPS) is 17.5. The number of rotatable bonds is 5. The number of piperidine rings is 1. The van der Waals surface area contributed by atoms with E-state index in [4.69, 9.17) is 0 Å². The zero-order valence-electron chi connectivity index (χ0n) is 15.9. The second kappa shape index (κ2) is 8.58. The Morgan fingerprint density at radius 2 is 2.11 bits per heavy atom. The van der Waals surface area contributed by atoms with Gasteiger partial charge in [-0.15, -0.1) is 11.3 Å². The Morgan fingerprint density at radius 3 is 2.81 bits per heavy atom. The molecule has 1 fully saturated rings. The first kappa shape index (κ1) is 19.4. The summed E-state index contributed by atoms with van der Waals surface area (Å²) < 4.78 is 0. The summed E-state index contributed by atoms with van der Waals surface area (Å²) in [7, 11) is 0. The van der Waals surface area contributed by atoms with Gasteiger partial charge in [-0.3, -0.25) is 14.5 Å². The maximum absolute atomic E-state index is 12.6. The van der Waals surface area contributed by atoms with Crippen LogP contribution < -0.4 is 10.6 Å². The summed E-state index contributed by atoms with van der Waals surface area (Å²) in [5, 5.41) is 6.41. The molecule has 1 aliphatic rings. The largest absolute Gasteiger partial charge is 0.310 e. The van der Waals surface area contributed by atoms with Crippen LogP contribution in [0.2, 0.25) is 0 Å². The first-order chi connectivity index (χ1) is 12.9. The summed E-state index contributed by atoms with van der Waals surface area (Å²) in [6, 6.07) is 3.76. The molecule has 0 radical (unpaired) electrons. The first-order valence-corrected chi connectivity index (χ1v) is 9.92. The molecule has 3 heterocycles. The van der Waals surface area contributed by atoms with Crippen molar-refractivity contribution in [3.05, 3.63) is 34.5 Å². The van der Waals surface area contributed by atoms with Crippen molar-refractivity contribution in [1.82, 2.24) is 14.9 Å². The van der Waals surface area contributed by atoms with E-state index in [0.717, 1.165) is 35.5 Å². The second-order valence-corrected chi connectivity index (χ2v) is 8.14. The molecule has 1 unspecified atom stereocenters. The van der Waals surface area contributed by atoms with E-state index < -0.39 is 0 Å². The van der Waals surface area contributed by atoms with Crippen molar-refractivity contribution < 1.29 is 9.59 Å². The van der Waals surface area contributed by atoms with Crippen molar-refractivity contribution in [2.24, 2.45) is 5.92 Å². The van der Waals surface area contributed by atoms with Gasteiger partial charge in [-0.05, 0) is 51.8 Å². The second-order valence-electron chi connectivity index (χ2n) is 6.94. The minimum atomic E-state index is -0.141. The zero-order chi connectivity index (χ0) is 19.4. The van der Waals surface area contributed by atoms with Gasteiger partial charge in [-0.25, -0.2) is 9.97 Å². The molecule has 8 heteroatoms. The predicted molar refractivity (Wildman–Crippen MR) is 107 cm³/mol. The lowest BCUT2D eigenvalue weighted by atomic mass is 9.97. The fourth-order valence-electron chi connectivity index (χ4n) is 3.14. The van der Waals surface area contributed by atoms with Gasteiger partial charge in [0.1, 0.15) is 5.82 Å². The molecular formula is C19H25N5O2S. The van der Waals surface area contributed by atoms with Gasteiger partial charge in [0.05, 0.1) is 18.2 Å². The number of pyridine rings is 1. The smallest absolute Gasteiger partial charge is 0.240 e. The van der Waals surface area contributed by atoms with E-state index >= 15 is 0 Å². The molecule has 27 heavy (non-hydrogen) atoms. The molecule has 0 bridgehead atoms. The van der Waals surface area contributed by atoms with Crippen LogP contribution in [0.15, 0.2) is 18.3 Å². The van der Waals surface area contributed by atoms with Gasteiger partial charge in [0, 0.05) is 17.6 Å². The van der Waals surface area contributed by atoms with Crippen LogP contribution in [0, 0.1) is 26.7 Å². The van der Waals surface area contributed by atoms with Gasteiger partial charge < -0.3 is 10.6 Å². The number of likely N-dealkylation sites (tertiary alicyclic amines) is 1. The average molecular weight is 388 g/mol. The topological polar surface area (TPSA) is 87.2 Å². The highest BCUT2D eigenvalue weighted by atomic mass is 32.1. The Bertz CT molecular complexity index is 816. The number of nitrogens with zero attached hydrogens (tertiary/aromatic N) is 3. The molecule has 0 saturated carbocycles. The lowest BCUT2D eigenvalue weighted by molar-refractivity contribution is -0.123. The van der Waals surface area contributed by atoms with Crippen molar-refractivity contribution in [3.63, 3.8) is 0 Å². The van der Waals surface area contributed by atoms with Gasteiger partial charge in [-0.2, -0.15) is 0 Å². The fourth-order valence-corrected chi connectivity index (χ4v) is 3.97. The number of amides is 2. The number of hydrogen-bond acceptors (Lipinski definition) is 6. The number of thiazole rings is 1. The molecule has 1 atom stereocenters. The number of aromatic nitrogens is 2. The standard InChI is InChI=1S/C19H25N5O2S/c1-12-6-4-8-20-17(12)23-18(26)15-7-5-9-24(10-15)11-16(25)22-19-21-13(2)14(3)27-19/h4,6,8,15H,5,7,9-11H2,1-3H3,(H,20,23,26)(H,21,22,25). The lowest BCUT2D eigenvalue weighted by Gasteiger charge is -2.31. The summed E-state index contributed by atoms with van der Waals surface area (Å²) >= 11 is 1.48. The minimum absolute atomic E-state index is 0.0342. The molecule has 2 aromatic rings. The maximum atomic E-state index is 12.6. The lowest BCUT2D eigenvalue weighted by Crippen LogP contribution is -2.44. The monoisotopic (exact) mass is 387 g/mol. The molecule has 1 saturated heterocycles. The van der Waals surface area contributed by atoms with Gasteiger partial charge in [-0.1, -0.05) is 6.07 Å². The molecule has 144 valence electrons. The van der Waals surface area contributed by atoms with E-state index in [1.54, 1.807) is 6.20 Å². The SMILES string of the molecule is Cc1cccnc1NC(=O)C1CCCN(CC(=O)Nc2nc(C)c(C)s2)C1. The molecule has 3 rings (SSSR count). The molecule has 2 amide bonds. The van der Waals surface area contributed by atoms with Gasteiger partial charge >= 0.3 is 0 Å². The van der Waals surface area contributed by atoms with Crippen molar-refractivity contribution >= 4 is 34.1 Å². The van der Waals surface area contributed by atoms with Crippen LogP contribution in [0.5, 0.6) is 0 Å². The first-order valence-electron chi connectivity index (χ1n) is 9.11. The van der Waals surface area contributed by atoms with Crippen molar-refractivity contribution in [3.8, 4) is 0 Å². The van der Waals surface area contributed by atoms with E-state index in [9.17, 15) is 9.59 Å². The number of nitrogens with one attached hydrogen (secondary N) is 2. The van der Waals surface area contributed by atoms with Crippen LogP contribution in [-0.4, -0.2) is 46.3 Å². The van der Waals surface area contributed by atoms with Crippen molar-refractivity contribution in [1.29, 1.82) is 0 Å². The third-order valence-corrected chi connectivity index (χ3v) is 5.76. The molecule has 0 spiro atoms. The summed E-state index contributed by atoms with van der Waals surface area (Å²) in [6.07, 6.45) is 3.38. The molecule has 0 aromatic carbocycles. The Hall–Kier alpha value is -2.32. The van der Waals surface area contributed by atoms with Crippen LogP contribution in [0.4, 0.5) is 10.9 Å². The Morgan fingerprint density at radius 1 is 1.30 bits per heavy atom. The third-order valence-electron chi connectivity index (χ3n) is 4.77. The van der Waals surface area contributed by atoms with Crippen LogP contribution in [0.3, 0.4) is 0 Å². The van der Waals surface area contributed by atoms with E-state index in [2.05, 4.69) is 20.6 Å². The van der Waals surface area contributed by atoms with Gasteiger partial charge in [0.15, 0.2) is 5.13 Å². The Kier molecular flexibility index (Phi) is 6.18. The number of carbonyl (C=O) groups excluding carboxylic acids is 2. The molecule has 7 nitrogen and oxygen atoms in total. The van der Waals surface area contributed by atoms with Gasteiger partial charge in [0.2, 0.25) is 11.8 Å². The van der Waals surface area contributed by atoms with E-state index in [1.807, 2.05) is 37.8 Å². The highest BCUT2D eigenvalue weighted by Crippen LogP contribution is 2.22. The van der Waals surface area contributed by atoms with Crippen LogP contribution in [0.1, 0.15) is 29.0 Å². The third kappa shape index (κ3) is 5.11. The molecule has 0 aliphatic carbocycles. The van der Waals surface area contributed by atoms with Crippen molar-refractivity contribution in [2.45, 2.75) is 33.6 Å². The van der Waals surface area contributed by atoms with Crippen LogP contribution in [0.25, 0.3) is 0 Å². The number of hydrogen-bond donors (Lipinski definition) is 2. The van der Waals surface area contributed by atoms with E-state index in [1.165, 1.54) is 11.3 Å². The maximum Gasteiger partial charge on any atom is 0.240 e. The molecule has 1 aliphatic heterocycles. The summed E-state index contributed by atoms with van der Waals surface area (Å²) in [5.74, 6) is 0.336. The molecule has 2 N–H and O–H groups in total. The summed E-state index contributed by atoms with van der Waals surface area (Å²) in [5.41, 5.74) is 1.88.